The summed E-state index contributed by atoms with van der Waals surface area (Å²) in [5.41, 5.74) is 5.57. The highest BCUT2D eigenvalue weighted by Gasteiger charge is 2.61. The van der Waals surface area contributed by atoms with Crippen molar-refractivity contribution in [2.24, 2.45) is 11.8 Å². The molecule has 0 radical (unpaired) electrons. The highest BCUT2D eigenvalue weighted by atomic mass is 35.5. The van der Waals surface area contributed by atoms with Gasteiger partial charge in [0.15, 0.2) is 6.61 Å². The van der Waals surface area contributed by atoms with E-state index in [1.165, 1.54) is 17.0 Å². The van der Waals surface area contributed by atoms with Crippen molar-refractivity contribution in [1.29, 1.82) is 0 Å². The average molecular weight is 563 g/mol. The largest absolute Gasteiger partial charge is 0.452 e. The van der Waals surface area contributed by atoms with Crippen molar-refractivity contribution in [2.45, 2.75) is 11.8 Å². The lowest BCUT2D eigenvalue weighted by molar-refractivity contribution is -0.122. The van der Waals surface area contributed by atoms with Crippen LogP contribution in [0.4, 0.5) is 11.4 Å². The second-order valence-electron chi connectivity index (χ2n) is 10.5. The molecule has 7 nitrogen and oxygen atoms in total. The lowest BCUT2D eigenvalue weighted by Gasteiger charge is -2.45. The van der Waals surface area contributed by atoms with Crippen LogP contribution in [0, 0.1) is 11.8 Å². The number of imide groups is 1. The first kappa shape index (κ1) is 25.2. The predicted molar refractivity (Wildman–Crippen MR) is 153 cm³/mol. The van der Waals surface area contributed by atoms with Gasteiger partial charge < -0.3 is 10.1 Å². The van der Waals surface area contributed by atoms with Crippen LogP contribution in [-0.2, 0) is 19.1 Å². The van der Waals surface area contributed by atoms with Crippen LogP contribution in [0.3, 0.4) is 0 Å². The maximum Gasteiger partial charge on any atom is 0.338 e. The quantitative estimate of drug-likeness (QED) is 0.255. The lowest BCUT2D eigenvalue weighted by Crippen LogP contribution is -2.41. The lowest BCUT2D eigenvalue weighted by atomic mass is 9.55. The molecule has 2 atom stereocenters. The van der Waals surface area contributed by atoms with Crippen LogP contribution in [0.2, 0.25) is 5.02 Å². The van der Waals surface area contributed by atoms with E-state index in [1.807, 2.05) is 24.3 Å². The zero-order valence-electron chi connectivity index (χ0n) is 21.6. The van der Waals surface area contributed by atoms with Crippen molar-refractivity contribution in [1.82, 2.24) is 0 Å². The topological polar surface area (TPSA) is 92.8 Å². The molecule has 8 rings (SSSR count). The monoisotopic (exact) mass is 562 g/mol. The summed E-state index contributed by atoms with van der Waals surface area (Å²) in [4.78, 5) is 53.8. The van der Waals surface area contributed by atoms with Gasteiger partial charge in [0.1, 0.15) is 0 Å². The number of hydrogen-bond donors (Lipinski definition) is 1. The molecule has 3 aliphatic carbocycles. The summed E-state index contributed by atoms with van der Waals surface area (Å²) in [5.74, 6) is -2.99. The van der Waals surface area contributed by atoms with Gasteiger partial charge >= 0.3 is 5.97 Å². The Hall–Kier alpha value is -4.75. The van der Waals surface area contributed by atoms with Crippen LogP contribution in [0.15, 0.2) is 97.1 Å². The predicted octanol–water partition coefficient (Wildman–Crippen LogP) is 5.53. The van der Waals surface area contributed by atoms with E-state index < -0.39 is 30.3 Å². The van der Waals surface area contributed by atoms with Crippen molar-refractivity contribution < 1.29 is 23.9 Å². The fraction of sp³-hybridized carbons (Fsp3) is 0.152. The van der Waals surface area contributed by atoms with Gasteiger partial charge in [0.05, 0.1) is 23.1 Å². The van der Waals surface area contributed by atoms with Crippen LogP contribution in [0.1, 0.15) is 44.4 Å². The Kier molecular flexibility index (Phi) is 5.98. The van der Waals surface area contributed by atoms with E-state index in [2.05, 4.69) is 29.6 Å². The summed E-state index contributed by atoms with van der Waals surface area (Å²) in [6.07, 6.45) is 0. The van der Waals surface area contributed by atoms with E-state index in [4.69, 9.17) is 16.3 Å². The molecule has 4 aromatic carbocycles. The number of nitrogens with one attached hydrogen (secondary N) is 1. The van der Waals surface area contributed by atoms with Gasteiger partial charge in [-0.15, -0.1) is 0 Å². The van der Waals surface area contributed by atoms with Crippen molar-refractivity contribution in [3.63, 3.8) is 0 Å². The number of ether oxygens (including phenoxy) is 1. The molecule has 4 aliphatic rings. The average Bonchev–Trinajstić information content (AvgIpc) is 3.27. The minimum absolute atomic E-state index is 0.188. The third-order valence-corrected chi connectivity index (χ3v) is 8.52. The van der Waals surface area contributed by atoms with Gasteiger partial charge in [0.2, 0.25) is 11.8 Å². The molecule has 1 heterocycles. The van der Waals surface area contributed by atoms with Gasteiger partial charge in [-0.1, -0.05) is 60.1 Å². The van der Waals surface area contributed by atoms with Gasteiger partial charge in [0.25, 0.3) is 5.91 Å². The smallest absolute Gasteiger partial charge is 0.338 e. The zero-order chi connectivity index (χ0) is 28.2. The highest BCUT2D eigenvalue weighted by Crippen LogP contribution is 2.61. The van der Waals surface area contributed by atoms with Crippen molar-refractivity contribution in [3.8, 4) is 0 Å². The molecule has 0 saturated carbocycles. The summed E-state index contributed by atoms with van der Waals surface area (Å²) in [6.45, 7) is -0.473. The van der Waals surface area contributed by atoms with Gasteiger partial charge in [0, 0.05) is 22.5 Å². The number of rotatable bonds is 5. The van der Waals surface area contributed by atoms with Gasteiger partial charge in [-0.05, 0) is 70.8 Å². The molecule has 1 N–H and O–H groups in total. The van der Waals surface area contributed by atoms with E-state index in [-0.39, 0.29) is 29.2 Å². The Morgan fingerprint density at radius 2 is 1.20 bits per heavy atom. The first-order valence-electron chi connectivity index (χ1n) is 13.3. The van der Waals surface area contributed by atoms with Crippen LogP contribution >= 0.6 is 11.6 Å². The Morgan fingerprint density at radius 3 is 1.68 bits per heavy atom. The molecule has 2 bridgehead atoms. The Labute approximate surface area is 240 Å². The molecule has 0 aromatic heterocycles. The van der Waals surface area contributed by atoms with Crippen LogP contribution in [-0.4, -0.2) is 30.3 Å². The van der Waals surface area contributed by atoms with Crippen LogP contribution in [0.5, 0.6) is 0 Å². The molecule has 202 valence electrons. The molecule has 8 heteroatoms. The molecule has 0 spiro atoms. The molecule has 4 aromatic rings. The first-order chi connectivity index (χ1) is 19.9. The number of amides is 3. The van der Waals surface area contributed by atoms with Gasteiger partial charge in [-0.25, -0.2) is 9.69 Å². The molecular weight excluding hydrogens is 540 g/mol. The Morgan fingerprint density at radius 1 is 0.707 bits per heavy atom. The number of halogens is 1. The number of benzene rings is 4. The molecule has 1 aliphatic heterocycles. The molecule has 1 saturated heterocycles. The number of carbonyl (C=O) groups is 4. The standard InChI is InChI=1S/C33H23ClN2O5/c34-19-11-13-20(14-12-19)35-26(37)17-41-33(40)18-9-15-21(16-10-18)36-31(38)29-27-22-5-1-2-6-23(22)28(30(29)32(36)39)25-8-4-3-7-24(25)27/h1-16,27-30H,17H2,(H,35,37)/t27?,28?,29-,30-/m1/s1. The molecule has 1 fully saturated rings. The number of nitrogens with zero attached hydrogens (tertiary/aromatic N) is 1. The summed E-state index contributed by atoms with van der Waals surface area (Å²) in [7, 11) is 0. The van der Waals surface area contributed by atoms with E-state index in [1.54, 1.807) is 36.4 Å². The maximum absolute atomic E-state index is 13.9. The molecular formula is C33H23ClN2O5. The van der Waals surface area contributed by atoms with Crippen LogP contribution < -0.4 is 10.2 Å². The van der Waals surface area contributed by atoms with E-state index in [0.29, 0.717) is 16.4 Å². The zero-order valence-corrected chi connectivity index (χ0v) is 22.4. The highest BCUT2D eigenvalue weighted by molar-refractivity contribution is 6.30. The fourth-order valence-electron chi connectivity index (χ4n) is 6.62. The molecule has 41 heavy (non-hydrogen) atoms. The van der Waals surface area contributed by atoms with E-state index in [0.717, 1.165) is 22.3 Å². The third-order valence-electron chi connectivity index (χ3n) is 8.27. The third kappa shape index (κ3) is 4.04. The van der Waals surface area contributed by atoms with Crippen LogP contribution in [0.25, 0.3) is 0 Å². The van der Waals surface area contributed by atoms with Gasteiger partial charge in [-0.2, -0.15) is 0 Å². The second kappa shape index (κ2) is 9.71. The number of anilines is 2. The Balaban J connectivity index is 1.09. The normalized spacial score (nSPS) is 21.6. The molecule has 3 amide bonds. The fourth-order valence-corrected chi connectivity index (χ4v) is 6.75. The minimum Gasteiger partial charge on any atom is -0.452 e. The summed E-state index contributed by atoms with van der Waals surface area (Å²) in [6, 6.07) is 28.9. The van der Waals surface area contributed by atoms with Crippen molar-refractivity contribution >= 4 is 46.7 Å². The summed E-state index contributed by atoms with van der Waals surface area (Å²) in [5, 5.41) is 3.16. The molecule has 0 unspecified atom stereocenters. The first-order valence-corrected chi connectivity index (χ1v) is 13.7. The second-order valence-corrected chi connectivity index (χ2v) is 10.9. The maximum atomic E-state index is 13.9. The summed E-state index contributed by atoms with van der Waals surface area (Å²) >= 11 is 5.85. The van der Waals surface area contributed by atoms with Crippen molar-refractivity contribution in [2.75, 3.05) is 16.8 Å². The number of carbonyl (C=O) groups excluding carboxylic acids is 4. The Bertz CT molecular complexity index is 1620. The van der Waals surface area contributed by atoms with E-state index >= 15 is 0 Å². The van der Waals surface area contributed by atoms with E-state index in [9.17, 15) is 19.2 Å². The minimum atomic E-state index is -0.695. The summed E-state index contributed by atoms with van der Waals surface area (Å²) < 4.78 is 5.15. The van der Waals surface area contributed by atoms with Crippen molar-refractivity contribution in [3.05, 3.63) is 130 Å². The SMILES string of the molecule is O=C(COC(=O)c1ccc(N2C(=O)[C@@H]3C4c5ccccc5C(c5ccccc54)[C@H]3C2=O)cc1)Nc1ccc(Cl)cc1. The number of esters is 1. The number of hydrogen-bond acceptors (Lipinski definition) is 5. The van der Waals surface area contributed by atoms with Gasteiger partial charge in [-0.3, -0.25) is 14.4 Å².